The Hall–Kier alpha value is -4.53. The fourth-order valence-corrected chi connectivity index (χ4v) is 8.70. The summed E-state index contributed by atoms with van der Waals surface area (Å²) in [7, 11) is 0. The first kappa shape index (κ1) is 38.7. The summed E-state index contributed by atoms with van der Waals surface area (Å²) in [5.41, 5.74) is 2.93. The molecule has 4 heterocycles. The van der Waals surface area contributed by atoms with E-state index in [1.54, 1.807) is 13.8 Å². The lowest BCUT2D eigenvalue weighted by atomic mass is 9.70. The highest BCUT2D eigenvalue weighted by Gasteiger charge is 2.47. The van der Waals surface area contributed by atoms with Gasteiger partial charge in [0, 0.05) is 60.2 Å². The Bertz CT molecular complexity index is 2060. The summed E-state index contributed by atoms with van der Waals surface area (Å²) in [4.78, 5) is 44.5. The van der Waals surface area contributed by atoms with E-state index in [1.807, 2.05) is 24.4 Å². The molecule has 1 aliphatic carbocycles. The fraction of sp³-hybridized carbons (Fsp3) is 0.500. The van der Waals surface area contributed by atoms with Gasteiger partial charge in [-0.2, -0.15) is 0 Å². The molecule has 0 spiro atoms. The molecule has 2 bridgehead atoms. The zero-order valence-corrected chi connectivity index (χ0v) is 31.2. The second kappa shape index (κ2) is 15.9. The van der Waals surface area contributed by atoms with Gasteiger partial charge in [0.1, 0.15) is 29.1 Å². The summed E-state index contributed by atoms with van der Waals surface area (Å²) in [5.74, 6) is -2.94. The third kappa shape index (κ3) is 6.97. The maximum absolute atomic E-state index is 14.3. The number of carbonyl (C=O) groups excluding carboxylic acids is 3. The van der Waals surface area contributed by atoms with Crippen molar-refractivity contribution < 1.29 is 58.9 Å². The van der Waals surface area contributed by atoms with E-state index >= 15 is 0 Å². The zero-order valence-electron chi connectivity index (χ0n) is 31.2. The summed E-state index contributed by atoms with van der Waals surface area (Å²) < 4.78 is 24.9. The molecule has 55 heavy (non-hydrogen) atoms. The first-order valence-electron chi connectivity index (χ1n) is 19.2. The molecule has 5 atom stereocenters. The number of rotatable bonds is 11. The number of unbranched alkanes of at least 4 members (excludes halogenated alkanes) is 1. The highest BCUT2D eigenvalue weighted by molar-refractivity contribution is 6.11. The molecule has 0 radical (unpaired) electrons. The monoisotopic (exact) mass is 759 g/mol. The molecule has 3 aromatic rings. The van der Waals surface area contributed by atoms with Gasteiger partial charge in [0.15, 0.2) is 6.29 Å². The SMILES string of the molecule is CCOC(=O)C1=C(C=O)/C2=C3\C[C@H](CO)C(=O)[C@H](C3)c3cc4cc[nH]c4cc3CC[C@@H](CO)COc3c4c(c(CO)c(c32)O1)O[C@H]([C@@](C)(O)CCCCO)C4. The van der Waals surface area contributed by atoms with Gasteiger partial charge in [-0.15, -0.1) is 0 Å². The summed E-state index contributed by atoms with van der Waals surface area (Å²) in [6.45, 7) is 1.97. The normalized spacial score (nSPS) is 24.5. The van der Waals surface area contributed by atoms with E-state index in [0.29, 0.717) is 49.5 Å². The van der Waals surface area contributed by atoms with Crippen LogP contribution in [0.4, 0.5) is 0 Å². The minimum absolute atomic E-state index is 0.00632. The van der Waals surface area contributed by atoms with E-state index in [1.165, 1.54) is 0 Å². The van der Waals surface area contributed by atoms with Gasteiger partial charge in [-0.05, 0) is 93.5 Å². The zero-order chi connectivity index (χ0) is 39.0. The number of nitrogens with one attached hydrogen (secondary N) is 1. The molecule has 13 heteroatoms. The first-order valence-corrected chi connectivity index (χ1v) is 19.2. The van der Waals surface area contributed by atoms with Crippen molar-refractivity contribution in [1.29, 1.82) is 0 Å². The van der Waals surface area contributed by atoms with E-state index in [4.69, 9.17) is 18.9 Å². The van der Waals surface area contributed by atoms with Gasteiger partial charge in [0.25, 0.3) is 0 Å². The number of aryl methyl sites for hydroxylation is 1. The minimum Gasteiger partial charge on any atom is -0.492 e. The number of esters is 1. The average Bonchev–Trinajstić information content (AvgIpc) is 3.84. The van der Waals surface area contributed by atoms with Gasteiger partial charge >= 0.3 is 5.97 Å². The fourth-order valence-electron chi connectivity index (χ4n) is 8.70. The number of allylic oxidation sites excluding steroid dienone is 3. The Morgan fingerprint density at radius 3 is 2.60 bits per heavy atom. The topological polar surface area (TPSA) is 205 Å². The standard InChI is InChI=1S/C42H49NO12/c1-3-52-41(50)40-30(19-47)34-25-12-26(18-46)36(49)28(14-25)27-13-24-8-10-43-32(24)15-23(27)7-6-22(17-45)21-53-38-29-16-33(42(2,51)9-4-5-11-44)54-37(29)31(20-48)39(55-40)35(34)38/h8,10,13,15,19,22,26,28,33,43-46,48,51H,3-7,9,11-12,14,16-18,20-21H2,1-2H3/b34-25-/t22-,26+,28+,33-,42-/m0/s1. The molecule has 1 aromatic heterocycles. The molecule has 13 nitrogen and oxygen atoms in total. The molecule has 4 aliphatic rings. The first-order chi connectivity index (χ1) is 26.6. The van der Waals surface area contributed by atoms with Crippen LogP contribution in [-0.4, -0.2) is 93.3 Å². The lowest BCUT2D eigenvalue weighted by Gasteiger charge is -2.34. The van der Waals surface area contributed by atoms with Crippen LogP contribution in [-0.2, 0) is 38.6 Å². The number of aliphatic hydroxyl groups excluding tert-OH is 4. The Balaban J connectivity index is 1.52. The van der Waals surface area contributed by atoms with Crippen molar-refractivity contribution in [3.8, 4) is 17.2 Å². The van der Waals surface area contributed by atoms with E-state index in [9.17, 15) is 39.9 Å². The molecule has 3 aliphatic heterocycles. The second-order valence-corrected chi connectivity index (χ2v) is 15.2. The lowest BCUT2D eigenvalue weighted by Crippen LogP contribution is -2.42. The van der Waals surface area contributed by atoms with Crippen molar-refractivity contribution in [3.63, 3.8) is 0 Å². The van der Waals surface area contributed by atoms with Crippen molar-refractivity contribution in [2.45, 2.75) is 89.4 Å². The van der Waals surface area contributed by atoms with Crippen molar-refractivity contribution in [2.24, 2.45) is 11.8 Å². The van der Waals surface area contributed by atoms with E-state index in [2.05, 4.69) is 4.98 Å². The predicted octanol–water partition coefficient (Wildman–Crippen LogP) is 3.73. The molecule has 1 fully saturated rings. The maximum Gasteiger partial charge on any atom is 0.375 e. The average molecular weight is 760 g/mol. The second-order valence-electron chi connectivity index (χ2n) is 15.2. The highest BCUT2D eigenvalue weighted by Crippen LogP contribution is 2.57. The van der Waals surface area contributed by atoms with Gasteiger partial charge in [-0.1, -0.05) is 5.57 Å². The van der Waals surface area contributed by atoms with Crippen LogP contribution in [0.2, 0.25) is 0 Å². The van der Waals surface area contributed by atoms with Crippen molar-refractivity contribution in [3.05, 3.63) is 69.1 Å². The summed E-state index contributed by atoms with van der Waals surface area (Å²) >= 11 is 0. The number of aromatic nitrogens is 1. The molecule has 1 saturated carbocycles. The Labute approximate surface area is 318 Å². The van der Waals surface area contributed by atoms with Crippen LogP contribution in [0.1, 0.15) is 86.1 Å². The van der Waals surface area contributed by atoms with Crippen LogP contribution >= 0.6 is 0 Å². The Morgan fingerprint density at radius 2 is 1.89 bits per heavy atom. The van der Waals surface area contributed by atoms with E-state index < -0.39 is 48.5 Å². The number of aliphatic hydroxyl groups is 5. The van der Waals surface area contributed by atoms with Gasteiger partial charge in [-0.3, -0.25) is 9.59 Å². The molecule has 0 unspecified atom stereocenters. The Morgan fingerprint density at radius 1 is 1.07 bits per heavy atom. The number of aldehydes is 1. The van der Waals surface area contributed by atoms with Crippen LogP contribution < -0.4 is 14.2 Å². The van der Waals surface area contributed by atoms with Crippen LogP contribution in [0.15, 0.2) is 41.3 Å². The number of H-pyrrole nitrogens is 1. The lowest BCUT2D eigenvalue weighted by molar-refractivity contribution is -0.141. The Kier molecular flexibility index (Phi) is 11.2. The number of aromatic amines is 1. The van der Waals surface area contributed by atoms with Gasteiger partial charge in [-0.25, -0.2) is 4.79 Å². The smallest absolute Gasteiger partial charge is 0.375 e. The number of ether oxygens (including phenoxy) is 4. The molecule has 0 saturated heterocycles. The highest BCUT2D eigenvalue weighted by atomic mass is 16.6. The molecular formula is C42H49NO12. The van der Waals surface area contributed by atoms with Crippen LogP contribution in [0, 0.1) is 11.8 Å². The predicted molar refractivity (Wildman–Crippen MR) is 200 cm³/mol. The van der Waals surface area contributed by atoms with Crippen LogP contribution in [0.5, 0.6) is 17.2 Å². The van der Waals surface area contributed by atoms with Crippen LogP contribution in [0.25, 0.3) is 16.5 Å². The number of fused-ring (bicyclic) bond motifs is 7. The molecule has 2 aromatic carbocycles. The number of hydrogen-bond acceptors (Lipinski definition) is 12. The largest absolute Gasteiger partial charge is 0.492 e. The summed E-state index contributed by atoms with van der Waals surface area (Å²) in [6.07, 6.45) is 4.23. The number of Topliss-reactive ketones (excluding diaryl/α,β-unsaturated/α-hetero) is 1. The van der Waals surface area contributed by atoms with Gasteiger partial charge in [0.2, 0.25) is 5.76 Å². The van der Waals surface area contributed by atoms with E-state index in [-0.39, 0.29) is 96.9 Å². The van der Waals surface area contributed by atoms with Gasteiger partial charge in [0.05, 0.1) is 48.7 Å². The molecular weight excluding hydrogens is 710 g/mol. The number of benzene rings is 2. The van der Waals surface area contributed by atoms with Crippen molar-refractivity contribution in [2.75, 3.05) is 33.0 Å². The molecule has 7 rings (SSSR count). The quantitative estimate of drug-likeness (QED) is 0.0941. The molecule has 294 valence electrons. The molecule has 0 amide bonds. The minimum atomic E-state index is -1.36. The third-order valence-electron chi connectivity index (χ3n) is 11.7. The van der Waals surface area contributed by atoms with Crippen LogP contribution in [0.3, 0.4) is 0 Å². The summed E-state index contributed by atoms with van der Waals surface area (Å²) in [6, 6.07) is 5.93. The van der Waals surface area contributed by atoms with Crippen molar-refractivity contribution >= 4 is 34.5 Å². The third-order valence-corrected chi connectivity index (χ3v) is 11.7. The maximum atomic E-state index is 14.3. The van der Waals surface area contributed by atoms with E-state index in [0.717, 1.165) is 22.0 Å². The number of carbonyl (C=O) groups is 3. The molecule has 6 N–H and O–H groups in total. The summed E-state index contributed by atoms with van der Waals surface area (Å²) in [5, 5.41) is 54.3. The van der Waals surface area contributed by atoms with Gasteiger partial charge < -0.3 is 49.5 Å². The van der Waals surface area contributed by atoms with Crippen molar-refractivity contribution in [1.82, 2.24) is 4.98 Å². The number of hydrogen-bond donors (Lipinski definition) is 6. The number of ketones is 1.